The summed E-state index contributed by atoms with van der Waals surface area (Å²) in [5.74, 6) is -0.411. The molecule has 27 heavy (non-hydrogen) atoms. The van der Waals surface area contributed by atoms with Crippen LogP contribution in [0.15, 0.2) is 40.1 Å². The van der Waals surface area contributed by atoms with Gasteiger partial charge in [0.25, 0.3) is 5.56 Å². The van der Waals surface area contributed by atoms with E-state index >= 15 is 0 Å². The molecular formula is C17H18FIN2O6. The van der Waals surface area contributed by atoms with Crippen LogP contribution in [0.3, 0.4) is 0 Å². The summed E-state index contributed by atoms with van der Waals surface area (Å²) in [5, 5.41) is 10.6. The van der Waals surface area contributed by atoms with Crippen LogP contribution in [0.5, 0.6) is 0 Å². The third kappa shape index (κ3) is 4.46. The van der Waals surface area contributed by atoms with Gasteiger partial charge in [0.05, 0.1) is 16.7 Å². The van der Waals surface area contributed by atoms with E-state index in [2.05, 4.69) is 4.98 Å². The molecule has 2 N–H and O–H groups in total. The third-order valence-electron chi connectivity index (χ3n) is 4.26. The molecule has 0 aliphatic carbocycles. The molecule has 1 fully saturated rings. The van der Waals surface area contributed by atoms with Gasteiger partial charge in [-0.05, 0) is 28.7 Å². The smallest absolute Gasteiger partial charge is 0.328 e. The summed E-state index contributed by atoms with van der Waals surface area (Å²) < 4.78 is 31.8. The first-order chi connectivity index (χ1) is 12.9. The molecule has 3 rings (SSSR count). The van der Waals surface area contributed by atoms with Gasteiger partial charge in [0, 0.05) is 18.9 Å². The van der Waals surface area contributed by atoms with E-state index in [9.17, 15) is 19.1 Å². The molecule has 146 valence electrons. The second-order valence-corrected chi connectivity index (χ2v) is 7.19. The number of nitrogens with zero attached hydrogens (tertiary/aromatic N) is 1. The maximum Gasteiger partial charge on any atom is 0.328 e. The van der Waals surface area contributed by atoms with Crippen LogP contribution in [0.4, 0.5) is 4.39 Å². The van der Waals surface area contributed by atoms with Crippen LogP contribution in [0.25, 0.3) is 0 Å². The first kappa shape index (κ1) is 20.1. The van der Waals surface area contributed by atoms with E-state index in [0.717, 1.165) is 0 Å². The van der Waals surface area contributed by atoms with Gasteiger partial charge in [-0.1, -0.05) is 18.2 Å². The Balaban J connectivity index is 1.72. The summed E-state index contributed by atoms with van der Waals surface area (Å²) in [4.78, 5) is 25.6. The van der Waals surface area contributed by atoms with Gasteiger partial charge in [-0.3, -0.25) is 14.3 Å². The number of aromatic nitrogens is 2. The highest BCUT2D eigenvalue weighted by Crippen LogP contribution is 2.26. The van der Waals surface area contributed by atoms with Gasteiger partial charge < -0.3 is 19.3 Å². The van der Waals surface area contributed by atoms with Crippen LogP contribution in [0, 0.1) is 9.39 Å². The number of H-pyrrole nitrogens is 1. The van der Waals surface area contributed by atoms with Crippen molar-refractivity contribution < 1.29 is 23.7 Å². The molecule has 4 atom stereocenters. The SMILES string of the molecule is CO[C@H]1O[C@H](Cn2cc(I)c(=O)[nH]c2=O)[C@H](O)[C@H]1OCc1ccccc1F. The number of hydrogen-bond donors (Lipinski definition) is 2. The number of aliphatic hydroxyl groups is 1. The van der Waals surface area contributed by atoms with Gasteiger partial charge in [-0.15, -0.1) is 0 Å². The molecule has 0 spiro atoms. The molecule has 1 aromatic heterocycles. The van der Waals surface area contributed by atoms with Gasteiger partial charge in [-0.2, -0.15) is 0 Å². The Bertz CT molecular complexity index is 917. The minimum Gasteiger partial charge on any atom is -0.387 e. The Morgan fingerprint density at radius 1 is 1.37 bits per heavy atom. The summed E-state index contributed by atoms with van der Waals surface area (Å²) in [6, 6.07) is 6.16. The summed E-state index contributed by atoms with van der Waals surface area (Å²) in [7, 11) is 1.40. The summed E-state index contributed by atoms with van der Waals surface area (Å²) in [6.45, 7) is -0.0763. The Hall–Kier alpha value is -1.60. The Kier molecular flexibility index (Phi) is 6.42. The lowest BCUT2D eigenvalue weighted by Crippen LogP contribution is -2.39. The lowest BCUT2D eigenvalue weighted by molar-refractivity contribution is -0.166. The molecule has 1 aliphatic heterocycles. The van der Waals surface area contributed by atoms with Gasteiger partial charge in [-0.25, -0.2) is 9.18 Å². The van der Waals surface area contributed by atoms with Crippen LogP contribution < -0.4 is 11.2 Å². The maximum absolute atomic E-state index is 13.7. The molecule has 0 radical (unpaired) electrons. The van der Waals surface area contributed by atoms with Crippen LogP contribution in [0.2, 0.25) is 0 Å². The van der Waals surface area contributed by atoms with E-state index in [4.69, 9.17) is 14.2 Å². The van der Waals surface area contributed by atoms with E-state index in [0.29, 0.717) is 9.13 Å². The molecule has 10 heteroatoms. The molecule has 8 nitrogen and oxygen atoms in total. The van der Waals surface area contributed by atoms with E-state index in [1.54, 1.807) is 40.8 Å². The van der Waals surface area contributed by atoms with Crippen molar-refractivity contribution in [1.29, 1.82) is 0 Å². The highest BCUT2D eigenvalue weighted by molar-refractivity contribution is 14.1. The van der Waals surface area contributed by atoms with Crippen molar-refractivity contribution in [3.05, 3.63) is 66.3 Å². The van der Waals surface area contributed by atoms with E-state index in [1.807, 2.05) is 0 Å². The predicted octanol–water partition coefficient (Wildman–Crippen LogP) is 0.598. The number of aromatic amines is 1. The average Bonchev–Trinajstić information content (AvgIpc) is 2.94. The van der Waals surface area contributed by atoms with Crippen molar-refractivity contribution in [2.75, 3.05) is 7.11 Å². The standard InChI is InChI=1S/C17H18FIN2O6/c1-25-16-14(26-8-9-4-2-3-5-10(9)18)13(22)12(27-16)7-21-6-11(19)15(23)20-17(21)24/h2-6,12-14,16,22H,7-8H2,1H3,(H,20,23,24)/t12-,13+,14-,16+/m1/s1. The average molecular weight is 492 g/mol. The molecule has 2 heterocycles. The van der Waals surface area contributed by atoms with Gasteiger partial charge >= 0.3 is 5.69 Å². The number of ether oxygens (including phenoxy) is 3. The molecule has 1 aromatic carbocycles. The lowest BCUT2D eigenvalue weighted by atomic mass is 10.1. The third-order valence-corrected chi connectivity index (χ3v) is 5.03. The molecule has 0 saturated carbocycles. The fourth-order valence-electron chi connectivity index (χ4n) is 2.83. The monoisotopic (exact) mass is 492 g/mol. The maximum atomic E-state index is 13.7. The quantitative estimate of drug-likeness (QED) is 0.573. The highest BCUT2D eigenvalue weighted by Gasteiger charge is 2.45. The van der Waals surface area contributed by atoms with Crippen molar-refractivity contribution >= 4 is 22.6 Å². The second-order valence-electron chi connectivity index (χ2n) is 6.02. The van der Waals surface area contributed by atoms with Crippen LogP contribution in [-0.2, 0) is 27.4 Å². The van der Waals surface area contributed by atoms with E-state index < -0.39 is 41.7 Å². The van der Waals surface area contributed by atoms with Gasteiger partial charge in [0.15, 0.2) is 6.29 Å². The number of rotatable bonds is 6. The number of aliphatic hydroxyl groups excluding tert-OH is 1. The Morgan fingerprint density at radius 2 is 2.11 bits per heavy atom. The topological polar surface area (TPSA) is 103 Å². The summed E-state index contributed by atoms with van der Waals surface area (Å²) in [5.41, 5.74) is -0.749. The van der Waals surface area contributed by atoms with Crippen molar-refractivity contribution in [3.63, 3.8) is 0 Å². The van der Waals surface area contributed by atoms with Crippen LogP contribution >= 0.6 is 22.6 Å². The summed E-state index contributed by atoms with van der Waals surface area (Å²) in [6.07, 6.45) is -2.28. The Labute approximate surface area is 167 Å². The second kappa shape index (κ2) is 8.61. The van der Waals surface area contributed by atoms with Crippen LogP contribution in [-0.4, -0.2) is 46.4 Å². The lowest BCUT2D eigenvalue weighted by Gasteiger charge is -2.20. The first-order valence-electron chi connectivity index (χ1n) is 8.11. The zero-order chi connectivity index (χ0) is 19.6. The number of methoxy groups -OCH3 is 1. The minimum atomic E-state index is -1.11. The van der Waals surface area contributed by atoms with Crippen molar-refractivity contribution in [2.24, 2.45) is 0 Å². The predicted molar refractivity (Wildman–Crippen MR) is 101 cm³/mol. The zero-order valence-electron chi connectivity index (χ0n) is 14.3. The van der Waals surface area contributed by atoms with E-state index in [1.165, 1.54) is 23.9 Å². The first-order valence-corrected chi connectivity index (χ1v) is 9.19. The fraction of sp³-hybridized carbons (Fsp3) is 0.412. The van der Waals surface area contributed by atoms with Crippen molar-refractivity contribution in [2.45, 2.75) is 37.8 Å². The zero-order valence-corrected chi connectivity index (χ0v) is 16.5. The number of benzene rings is 1. The fourth-order valence-corrected chi connectivity index (χ4v) is 3.31. The molecule has 0 amide bonds. The van der Waals surface area contributed by atoms with Gasteiger partial charge in [0.2, 0.25) is 0 Å². The molecule has 1 aliphatic rings. The van der Waals surface area contributed by atoms with E-state index in [-0.39, 0.29) is 13.2 Å². The van der Waals surface area contributed by atoms with Crippen molar-refractivity contribution in [3.8, 4) is 0 Å². The largest absolute Gasteiger partial charge is 0.387 e. The van der Waals surface area contributed by atoms with Gasteiger partial charge in [0.1, 0.15) is 24.1 Å². The number of nitrogens with one attached hydrogen (secondary N) is 1. The summed E-state index contributed by atoms with van der Waals surface area (Å²) >= 11 is 1.81. The van der Waals surface area contributed by atoms with Crippen LogP contribution in [0.1, 0.15) is 5.56 Å². The number of halogens is 2. The Morgan fingerprint density at radius 3 is 2.81 bits per heavy atom. The number of hydrogen-bond acceptors (Lipinski definition) is 6. The minimum absolute atomic E-state index is 0.00774. The highest BCUT2D eigenvalue weighted by atomic mass is 127. The molecule has 0 bridgehead atoms. The molecule has 1 saturated heterocycles. The van der Waals surface area contributed by atoms with Crippen molar-refractivity contribution in [1.82, 2.24) is 9.55 Å². The molecular weight excluding hydrogens is 474 g/mol. The normalized spacial score (nSPS) is 25.0. The molecule has 0 unspecified atom stereocenters. The molecule has 2 aromatic rings.